The van der Waals surface area contributed by atoms with E-state index in [0.29, 0.717) is 5.92 Å². The number of rotatable bonds is 7. The van der Waals surface area contributed by atoms with Crippen LogP contribution in [0, 0.1) is 17.8 Å². The van der Waals surface area contributed by atoms with Crippen LogP contribution in [0.25, 0.3) is 0 Å². The Balaban J connectivity index is 4.71. The van der Waals surface area contributed by atoms with Crippen molar-refractivity contribution >= 4 is 0 Å². The Kier molecular flexibility index (Phi) is 7.61. The molecule has 0 nitrogen and oxygen atoms in total. The molecule has 0 spiro atoms. The van der Waals surface area contributed by atoms with Crippen molar-refractivity contribution in [2.45, 2.75) is 41.0 Å². The Morgan fingerprint density at radius 1 is 1.18 bits per heavy atom. The van der Waals surface area contributed by atoms with Gasteiger partial charge < -0.3 is 0 Å². The number of allylic oxidation sites excluding steroid dienone is 6. The average molecular weight is 232 g/mol. The maximum Gasteiger partial charge on any atom is -0.0200 e. The van der Waals surface area contributed by atoms with E-state index in [-0.39, 0.29) is 0 Å². The Morgan fingerprint density at radius 3 is 2.18 bits per heavy atom. The van der Waals surface area contributed by atoms with Crippen molar-refractivity contribution in [2.24, 2.45) is 17.8 Å². The highest BCUT2D eigenvalue weighted by Crippen LogP contribution is 2.28. The third-order valence-corrected chi connectivity index (χ3v) is 3.72. The van der Waals surface area contributed by atoms with Gasteiger partial charge in [-0.3, -0.25) is 0 Å². The quantitative estimate of drug-likeness (QED) is 0.505. The van der Waals surface area contributed by atoms with Gasteiger partial charge in [0, 0.05) is 0 Å². The second-order valence-electron chi connectivity index (χ2n) is 5.13. The van der Waals surface area contributed by atoms with E-state index in [2.05, 4.69) is 59.9 Å². The minimum absolute atomic E-state index is 0.640. The normalized spacial score (nSPS) is 16.2. The first-order valence-electron chi connectivity index (χ1n) is 6.62. The molecule has 0 rings (SSSR count). The van der Waals surface area contributed by atoms with E-state index in [1.54, 1.807) is 6.08 Å². The van der Waals surface area contributed by atoms with Gasteiger partial charge in [-0.15, -0.1) is 0 Å². The van der Waals surface area contributed by atoms with Gasteiger partial charge in [-0.2, -0.15) is 0 Å². The predicted octanol–water partition coefficient (Wildman–Crippen LogP) is 5.55. The smallest absolute Gasteiger partial charge is 0.0200 e. The maximum absolute atomic E-state index is 3.87. The highest BCUT2D eigenvalue weighted by molar-refractivity contribution is 5.29. The Morgan fingerprint density at radius 2 is 1.76 bits per heavy atom. The standard InChI is InChI=1S/C17H28/c1-8-14(5)11-10-12-17(9-2)16(7)15(6)13(3)4/h8,10-13,15-16H,1,5,9H2,2-4,6-7H3. The van der Waals surface area contributed by atoms with E-state index in [1.807, 2.05) is 6.08 Å². The molecule has 0 aliphatic rings. The molecule has 0 aromatic carbocycles. The van der Waals surface area contributed by atoms with Crippen LogP contribution in [0.15, 0.2) is 48.6 Å². The zero-order valence-electron chi connectivity index (χ0n) is 12.2. The minimum Gasteiger partial charge on any atom is -0.0985 e. The van der Waals surface area contributed by atoms with E-state index in [1.165, 1.54) is 5.57 Å². The lowest BCUT2D eigenvalue weighted by Gasteiger charge is -2.25. The highest BCUT2D eigenvalue weighted by atomic mass is 14.2. The van der Waals surface area contributed by atoms with Crippen LogP contribution in [-0.4, -0.2) is 0 Å². The Bertz CT molecular complexity index is 302. The van der Waals surface area contributed by atoms with Crippen LogP contribution in [0.1, 0.15) is 41.0 Å². The summed E-state index contributed by atoms with van der Waals surface area (Å²) in [7, 11) is 0. The zero-order chi connectivity index (χ0) is 13.4. The van der Waals surface area contributed by atoms with Crippen molar-refractivity contribution in [2.75, 3.05) is 0 Å². The lowest BCUT2D eigenvalue weighted by Crippen LogP contribution is -2.16. The summed E-state index contributed by atoms with van der Waals surface area (Å²) in [6, 6.07) is 0. The molecule has 0 saturated heterocycles. The van der Waals surface area contributed by atoms with Gasteiger partial charge in [0.15, 0.2) is 0 Å². The number of hydrogen-bond acceptors (Lipinski definition) is 0. The van der Waals surface area contributed by atoms with Crippen LogP contribution in [-0.2, 0) is 0 Å². The topological polar surface area (TPSA) is 0 Å². The molecule has 0 N–H and O–H groups in total. The molecule has 17 heavy (non-hydrogen) atoms. The van der Waals surface area contributed by atoms with Gasteiger partial charge in [0.1, 0.15) is 0 Å². The van der Waals surface area contributed by atoms with Gasteiger partial charge >= 0.3 is 0 Å². The number of hydrogen-bond donors (Lipinski definition) is 0. The van der Waals surface area contributed by atoms with Crippen LogP contribution in [0.5, 0.6) is 0 Å². The van der Waals surface area contributed by atoms with E-state index in [4.69, 9.17) is 0 Å². The van der Waals surface area contributed by atoms with Crippen molar-refractivity contribution in [1.29, 1.82) is 0 Å². The summed E-state index contributed by atoms with van der Waals surface area (Å²) < 4.78 is 0. The molecule has 0 saturated carbocycles. The van der Waals surface area contributed by atoms with Gasteiger partial charge in [0.25, 0.3) is 0 Å². The van der Waals surface area contributed by atoms with E-state index in [9.17, 15) is 0 Å². The predicted molar refractivity (Wildman–Crippen MR) is 80.0 cm³/mol. The molecule has 0 amide bonds. The van der Waals surface area contributed by atoms with Crippen molar-refractivity contribution in [1.82, 2.24) is 0 Å². The Labute approximate surface area is 108 Å². The SMILES string of the molecule is C=CC(=C)C=CC=C(CC)C(C)C(C)C(C)C. The molecular formula is C17H28. The van der Waals surface area contributed by atoms with Crippen molar-refractivity contribution in [3.05, 3.63) is 48.6 Å². The summed E-state index contributed by atoms with van der Waals surface area (Å²) in [5, 5.41) is 0. The summed E-state index contributed by atoms with van der Waals surface area (Å²) >= 11 is 0. The first kappa shape index (κ1) is 16.0. The zero-order valence-corrected chi connectivity index (χ0v) is 12.2. The van der Waals surface area contributed by atoms with Crippen LogP contribution < -0.4 is 0 Å². The minimum atomic E-state index is 0.640. The molecule has 2 unspecified atom stereocenters. The van der Waals surface area contributed by atoms with Gasteiger partial charge in [0.05, 0.1) is 0 Å². The molecule has 0 fully saturated rings. The Hall–Kier alpha value is -1.04. The summed E-state index contributed by atoms with van der Waals surface area (Å²) in [5.41, 5.74) is 2.47. The molecule has 0 bridgehead atoms. The monoisotopic (exact) mass is 232 g/mol. The van der Waals surface area contributed by atoms with E-state index < -0.39 is 0 Å². The molecule has 0 aromatic heterocycles. The largest absolute Gasteiger partial charge is 0.0985 e. The lowest BCUT2D eigenvalue weighted by molar-refractivity contribution is 0.326. The molecule has 96 valence electrons. The van der Waals surface area contributed by atoms with Crippen molar-refractivity contribution < 1.29 is 0 Å². The van der Waals surface area contributed by atoms with Crippen molar-refractivity contribution in [3.8, 4) is 0 Å². The molecule has 0 aromatic rings. The lowest BCUT2D eigenvalue weighted by atomic mass is 9.80. The van der Waals surface area contributed by atoms with Gasteiger partial charge in [-0.1, -0.05) is 77.7 Å². The van der Waals surface area contributed by atoms with E-state index >= 15 is 0 Å². The summed E-state index contributed by atoms with van der Waals surface area (Å²) in [6.45, 7) is 19.1. The maximum atomic E-state index is 3.87. The first-order valence-corrected chi connectivity index (χ1v) is 6.62. The summed E-state index contributed by atoms with van der Waals surface area (Å²) in [4.78, 5) is 0. The molecule has 0 heterocycles. The van der Waals surface area contributed by atoms with Crippen LogP contribution in [0.2, 0.25) is 0 Å². The average Bonchev–Trinajstić information content (AvgIpc) is 2.32. The fourth-order valence-electron chi connectivity index (χ4n) is 1.87. The molecule has 0 aliphatic carbocycles. The fourth-order valence-corrected chi connectivity index (χ4v) is 1.87. The second kappa shape index (κ2) is 8.11. The highest BCUT2D eigenvalue weighted by Gasteiger charge is 2.17. The van der Waals surface area contributed by atoms with Gasteiger partial charge in [0.2, 0.25) is 0 Å². The van der Waals surface area contributed by atoms with Crippen molar-refractivity contribution in [3.63, 3.8) is 0 Å². The fraction of sp³-hybridized carbons (Fsp3) is 0.529. The molecular weight excluding hydrogens is 204 g/mol. The van der Waals surface area contributed by atoms with E-state index in [0.717, 1.165) is 23.8 Å². The van der Waals surface area contributed by atoms with Gasteiger partial charge in [-0.25, -0.2) is 0 Å². The molecule has 0 heteroatoms. The third-order valence-electron chi connectivity index (χ3n) is 3.72. The molecule has 0 aliphatic heterocycles. The van der Waals surface area contributed by atoms with Crippen LogP contribution in [0.4, 0.5) is 0 Å². The second-order valence-corrected chi connectivity index (χ2v) is 5.13. The van der Waals surface area contributed by atoms with Crippen LogP contribution in [0.3, 0.4) is 0 Å². The van der Waals surface area contributed by atoms with Gasteiger partial charge in [-0.05, 0) is 29.7 Å². The molecule has 2 atom stereocenters. The summed E-state index contributed by atoms with van der Waals surface area (Å²) in [5.74, 6) is 2.09. The molecule has 0 radical (unpaired) electrons. The third kappa shape index (κ3) is 5.72. The van der Waals surface area contributed by atoms with Crippen LogP contribution >= 0.6 is 0 Å². The summed E-state index contributed by atoms with van der Waals surface area (Å²) in [6.07, 6.45) is 9.22. The first-order chi connectivity index (χ1) is 7.93.